The van der Waals surface area contributed by atoms with Gasteiger partial charge in [0.2, 0.25) is 5.91 Å². The lowest BCUT2D eigenvalue weighted by Crippen LogP contribution is -2.26. The van der Waals surface area contributed by atoms with E-state index in [1.807, 2.05) is 53.2 Å². The van der Waals surface area contributed by atoms with Gasteiger partial charge in [0.1, 0.15) is 0 Å². The van der Waals surface area contributed by atoms with Gasteiger partial charge in [-0.15, -0.1) is 21.5 Å². The number of amides is 1. The summed E-state index contributed by atoms with van der Waals surface area (Å²) < 4.78 is 1.87. The quantitative estimate of drug-likeness (QED) is 0.753. The van der Waals surface area contributed by atoms with Crippen molar-refractivity contribution in [1.29, 1.82) is 0 Å². The first-order valence-electron chi connectivity index (χ1n) is 6.56. The molecule has 0 aliphatic rings. The molecule has 3 heterocycles. The molecule has 3 aromatic rings. The zero-order chi connectivity index (χ0) is 14.7. The lowest BCUT2D eigenvalue weighted by Gasteiger charge is -2.10. The SMILES string of the molecule is CC(NC(=O)/C=C/c1cccs1)c1nnc2ccccn12. The maximum absolute atomic E-state index is 11.9. The number of aromatic nitrogens is 3. The minimum absolute atomic E-state index is 0.149. The Bertz CT molecular complexity index is 776. The van der Waals surface area contributed by atoms with Crippen molar-refractivity contribution in [3.05, 3.63) is 58.7 Å². The standard InChI is InChI=1S/C15H14N4OS/c1-11(15-18-17-13-6-2-3-9-19(13)15)16-14(20)8-7-12-5-4-10-21-12/h2-11H,1H3,(H,16,20)/b8-7+. The van der Waals surface area contributed by atoms with Gasteiger partial charge in [-0.25, -0.2) is 0 Å². The minimum atomic E-state index is -0.220. The van der Waals surface area contributed by atoms with Crippen molar-refractivity contribution < 1.29 is 4.79 Å². The first-order valence-corrected chi connectivity index (χ1v) is 7.44. The van der Waals surface area contributed by atoms with Crippen LogP contribution in [0.5, 0.6) is 0 Å². The van der Waals surface area contributed by atoms with Gasteiger partial charge in [-0.1, -0.05) is 12.1 Å². The van der Waals surface area contributed by atoms with E-state index in [4.69, 9.17) is 0 Å². The summed E-state index contributed by atoms with van der Waals surface area (Å²) in [5, 5.41) is 13.1. The van der Waals surface area contributed by atoms with Gasteiger partial charge in [-0.05, 0) is 36.6 Å². The molecule has 106 valence electrons. The lowest BCUT2D eigenvalue weighted by atomic mass is 10.3. The predicted octanol–water partition coefficient (Wildman–Crippen LogP) is 2.68. The molecule has 0 bridgehead atoms. The number of pyridine rings is 1. The lowest BCUT2D eigenvalue weighted by molar-refractivity contribution is -0.117. The van der Waals surface area contributed by atoms with Gasteiger partial charge in [-0.2, -0.15) is 0 Å². The Morgan fingerprint density at radius 2 is 2.24 bits per heavy atom. The van der Waals surface area contributed by atoms with Crippen LogP contribution in [0.15, 0.2) is 48.0 Å². The topological polar surface area (TPSA) is 59.3 Å². The first kappa shape index (κ1) is 13.5. The number of hydrogen-bond acceptors (Lipinski definition) is 4. The summed E-state index contributed by atoms with van der Waals surface area (Å²) >= 11 is 1.59. The van der Waals surface area contributed by atoms with Crippen LogP contribution in [0.25, 0.3) is 11.7 Å². The Morgan fingerprint density at radius 1 is 1.33 bits per heavy atom. The van der Waals surface area contributed by atoms with Crippen LogP contribution < -0.4 is 5.32 Å². The molecule has 0 spiro atoms. The molecule has 3 rings (SSSR count). The summed E-state index contributed by atoms with van der Waals surface area (Å²) in [5.41, 5.74) is 0.766. The molecule has 5 nitrogen and oxygen atoms in total. The molecule has 0 aromatic carbocycles. The van der Waals surface area contributed by atoms with Crippen molar-refractivity contribution in [2.75, 3.05) is 0 Å². The fourth-order valence-corrected chi connectivity index (χ4v) is 2.64. The van der Waals surface area contributed by atoms with E-state index in [2.05, 4.69) is 15.5 Å². The molecular formula is C15H14N4OS. The summed E-state index contributed by atoms with van der Waals surface area (Å²) in [4.78, 5) is 13.0. The Balaban J connectivity index is 1.71. The van der Waals surface area contributed by atoms with Crippen molar-refractivity contribution in [3.8, 4) is 0 Å². The van der Waals surface area contributed by atoms with Crippen LogP contribution in [0.2, 0.25) is 0 Å². The highest BCUT2D eigenvalue weighted by atomic mass is 32.1. The molecule has 0 aliphatic heterocycles. The largest absolute Gasteiger partial charge is 0.343 e. The third kappa shape index (κ3) is 3.00. The van der Waals surface area contributed by atoms with Gasteiger partial charge >= 0.3 is 0 Å². The average molecular weight is 298 g/mol. The Morgan fingerprint density at radius 3 is 3.05 bits per heavy atom. The minimum Gasteiger partial charge on any atom is -0.343 e. The monoisotopic (exact) mass is 298 g/mol. The first-order chi connectivity index (χ1) is 10.2. The van der Waals surface area contributed by atoms with E-state index in [9.17, 15) is 4.79 Å². The molecule has 0 saturated carbocycles. The van der Waals surface area contributed by atoms with Crippen molar-refractivity contribution in [3.63, 3.8) is 0 Å². The number of nitrogens with zero attached hydrogens (tertiary/aromatic N) is 3. The molecule has 1 amide bonds. The molecular weight excluding hydrogens is 284 g/mol. The van der Waals surface area contributed by atoms with Gasteiger partial charge in [0.25, 0.3) is 0 Å². The van der Waals surface area contributed by atoms with Crippen LogP contribution in [0.4, 0.5) is 0 Å². The summed E-state index contributed by atoms with van der Waals surface area (Å²) in [5.74, 6) is 0.562. The Kier molecular flexibility index (Phi) is 3.79. The highest BCUT2D eigenvalue weighted by molar-refractivity contribution is 7.10. The molecule has 21 heavy (non-hydrogen) atoms. The summed E-state index contributed by atoms with van der Waals surface area (Å²) in [6, 6.07) is 9.38. The third-order valence-electron chi connectivity index (χ3n) is 3.03. The van der Waals surface area contributed by atoms with E-state index < -0.39 is 0 Å². The Labute approximate surface area is 126 Å². The van der Waals surface area contributed by atoms with E-state index in [1.165, 1.54) is 6.08 Å². The van der Waals surface area contributed by atoms with Crippen LogP contribution in [0, 0.1) is 0 Å². The summed E-state index contributed by atoms with van der Waals surface area (Å²) in [6.07, 6.45) is 5.22. The van der Waals surface area contributed by atoms with Crippen molar-refractivity contribution in [2.45, 2.75) is 13.0 Å². The Hall–Kier alpha value is -2.47. The number of thiophene rings is 1. The molecule has 0 radical (unpaired) electrons. The average Bonchev–Trinajstić information content (AvgIpc) is 3.14. The number of nitrogens with one attached hydrogen (secondary N) is 1. The molecule has 0 saturated heterocycles. The normalized spacial score (nSPS) is 12.8. The van der Waals surface area contributed by atoms with Gasteiger partial charge in [0, 0.05) is 17.2 Å². The van der Waals surface area contributed by atoms with E-state index in [1.54, 1.807) is 17.4 Å². The third-order valence-corrected chi connectivity index (χ3v) is 3.87. The van der Waals surface area contributed by atoms with Gasteiger partial charge in [0.05, 0.1) is 6.04 Å². The second kappa shape index (κ2) is 5.88. The smallest absolute Gasteiger partial charge is 0.244 e. The highest BCUT2D eigenvalue weighted by Crippen LogP contribution is 2.12. The zero-order valence-electron chi connectivity index (χ0n) is 11.4. The number of carbonyl (C=O) groups is 1. The number of carbonyl (C=O) groups excluding carboxylic acids is 1. The van der Waals surface area contributed by atoms with Crippen LogP contribution in [0.1, 0.15) is 23.7 Å². The maximum atomic E-state index is 11.9. The second-order valence-corrected chi connectivity index (χ2v) is 5.55. The molecule has 1 N–H and O–H groups in total. The molecule has 6 heteroatoms. The van der Waals surface area contributed by atoms with Crippen LogP contribution in [-0.4, -0.2) is 20.5 Å². The number of fused-ring (bicyclic) bond motifs is 1. The predicted molar refractivity (Wildman–Crippen MR) is 82.9 cm³/mol. The summed E-state index contributed by atoms with van der Waals surface area (Å²) in [7, 11) is 0. The molecule has 0 aliphatic carbocycles. The second-order valence-electron chi connectivity index (χ2n) is 4.57. The van der Waals surface area contributed by atoms with E-state index >= 15 is 0 Å². The van der Waals surface area contributed by atoms with E-state index in [0.717, 1.165) is 10.5 Å². The molecule has 1 unspecified atom stereocenters. The molecule has 3 aromatic heterocycles. The van der Waals surface area contributed by atoms with Gasteiger partial charge in [0.15, 0.2) is 11.5 Å². The van der Waals surface area contributed by atoms with Crippen molar-refractivity contribution in [1.82, 2.24) is 19.9 Å². The molecule has 0 fully saturated rings. The number of hydrogen-bond donors (Lipinski definition) is 1. The molecule has 1 atom stereocenters. The van der Waals surface area contributed by atoms with Gasteiger partial charge < -0.3 is 5.32 Å². The van der Waals surface area contributed by atoms with Crippen LogP contribution in [-0.2, 0) is 4.79 Å². The van der Waals surface area contributed by atoms with Crippen molar-refractivity contribution in [2.24, 2.45) is 0 Å². The fourth-order valence-electron chi connectivity index (χ4n) is 2.03. The van der Waals surface area contributed by atoms with Crippen LogP contribution in [0.3, 0.4) is 0 Å². The van der Waals surface area contributed by atoms with E-state index in [0.29, 0.717) is 5.82 Å². The summed E-state index contributed by atoms with van der Waals surface area (Å²) in [6.45, 7) is 1.89. The van der Waals surface area contributed by atoms with E-state index in [-0.39, 0.29) is 11.9 Å². The highest BCUT2D eigenvalue weighted by Gasteiger charge is 2.14. The fraction of sp³-hybridized carbons (Fsp3) is 0.133. The van der Waals surface area contributed by atoms with Crippen molar-refractivity contribution >= 4 is 29.0 Å². The number of rotatable bonds is 4. The zero-order valence-corrected chi connectivity index (χ0v) is 12.2. The van der Waals surface area contributed by atoms with Crippen LogP contribution >= 0.6 is 11.3 Å². The maximum Gasteiger partial charge on any atom is 0.244 e. The van der Waals surface area contributed by atoms with Gasteiger partial charge in [-0.3, -0.25) is 9.20 Å².